The van der Waals surface area contributed by atoms with Crippen LogP contribution < -0.4 is 15.4 Å². The number of amides is 2. The van der Waals surface area contributed by atoms with Crippen LogP contribution in [0.4, 0.5) is 15.9 Å². The van der Waals surface area contributed by atoms with Gasteiger partial charge in [-0.05, 0) is 74.5 Å². The van der Waals surface area contributed by atoms with E-state index in [2.05, 4.69) is 15.6 Å². The van der Waals surface area contributed by atoms with Gasteiger partial charge < -0.3 is 15.4 Å². The second-order valence-corrected chi connectivity index (χ2v) is 7.33. The Morgan fingerprint density at radius 1 is 0.967 bits per heavy atom. The minimum absolute atomic E-state index is 0.111. The van der Waals surface area contributed by atoms with Crippen LogP contribution >= 0.6 is 11.6 Å². The molecule has 2 amide bonds. The Morgan fingerprint density at radius 3 is 2.27 bits per heavy atom. The van der Waals surface area contributed by atoms with Crippen molar-refractivity contribution in [3.05, 3.63) is 83.3 Å². The summed E-state index contributed by atoms with van der Waals surface area (Å²) >= 11 is 5.85. The summed E-state index contributed by atoms with van der Waals surface area (Å²) in [7, 11) is 0. The fraction of sp³-hybridized carbons (Fsp3) is 0.136. The maximum Gasteiger partial charge on any atom is 0.267 e. The first-order valence-electron chi connectivity index (χ1n) is 9.03. The summed E-state index contributed by atoms with van der Waals surface area (Å²) in [4.78, 5) is 28.4. The molecule has 6 nitrogen and oxygen atoms in total. The second kappa shape index (κ2) is 8.92. The number of carbonyl (C=O) groups excluding carboxylic acids is 2. The molecular formula is C22H19ClFN3O3. The highest BCUT2D eigenvalue weighted by atomic mass is 35.5. The van der Waals surface area contributed by atoms with Gasteiger partial charge in [-0.25, -0.2) is 4.98 Å². The third-order valence-electron chi connectivity index (χ3n) is 4.10. The highest BCUT2D eigenvalue weighted by molar-refractivity contribution is 6.30. The van der Waals surface area contributed by atoms with Crippen LogP contribution in [-0.4, -0.2) is 22.4 Å². The lowest BCUT2D eigenvalue weighted by molar-refractivity contribution is -0.128. The lowest BCUT2D eigenvalue weighted by atomic mass is 10.1. The summed E-state index contributed by atoms with van der Waals surface area (Å²) in [5.41, 5.74) is -0.245. The zero-order chi connectivity index (χ0) is 21.7. The van der Waals surface area contributed by atoms with Gasteiger partial charge in [0.2, 0.25) is 5.95 Å². The summed E-state index contributed by atoms with van der Waals surface area (Å²) in [5, 5.41) is 5.85. The van der Waals surface area contributed by atoms with Crippen LogP contribution in [-0.2, 0) is 4.79 Å². The van der Waals surface area contributed by atoms with Gasteiger partial charge in [0.25, 0.3) is 11.8 Å². The molecule has 3 rings (SSSR count). The van der Waals surface area contributed by atoms with Crippen molar-refractivity contribution in [2.24, 2.45) is 0 Å². The average molecular weight is 428 g/mol. The monoisotopic (exact) mass is 427 g/mol. The van der Waals surface area contributed by atoms with Gasteiger partial charge in [0.05, 0.1) is 0 Å². The van der Waals surface area contributed by atoms with Crippen molar-refractivity contribution in [1.82, 2.24) is 4.98 Å². The predicted octanol–water partition coefficient (Wildman–Crippen LogP) is 4.92. The van der Waals surface area contributed by atoms with Gasteiger partial charge >= 0.3 is 0 Å². The normalized spacial score (nSPS) is 10.9. The lowest BCUT2D eigenvalue weighted by Gasteiger charge is -2.25. The number of hydrogen-bond acceptors (Lipinski definition) is 4. The number of rotatable bonds is 6. The van der Waals surface area contributed by atoms with E-state index in [9.17, 15) is 14.0 Å². The summed E-state index contributed by atoms with van der Waals surface area (Å²) < 4.78 is 18.9. The molecular weight excluding hydrogens is 409 g/mol. The van der Waals surface area contributed by atoms with Crippen molar-refractivity contribution in [3.8, 4) is 5.75 Å². The molecule has 2 aromatic carbocycles. The van der Waals surface area contributed by atoms with Crippen molar-refractivity contribution in [1.29, 1.82) is 0 Å². The maximum atomic E-state index is 13.1. The topological polar surface area (TPSA) is 80.3 Å². The molecule has 0 saturated heterocycles. The van der Waals surface area contributed by atoms with Crippen LogP contribution in [0.2, 0.25) is 5.02 Å². The molecule has 154 valence electrons. The Morgan fingerprint density at radius 2 is 1.63 bits per heavy atom. The Bertz CT molecular complexity index is 1050. The van der Waals surface area contributed by atoms with E-state index in [0.29, 0.717) is 22.0 Å². The first-order chi connectivity index (χ1) is 14.2. The summed E-state index contributed by atoms with van der Waals surface area (Å²) in [6.45, 7) is 3.27. The lowest BCUT2D eigenvalue weighted by Crippen LogP contribution is -2.42. The van der Waals surface area contributed by atoms with E-state index in [1.807, 2.05) is 0 Å². The van der Waals surface area contributed by atoms with Gasteiger partial charge in [0.15, 0.2) is 5.60 Å². The van der Waals surface area contributed by atoms with Crippen molar-refractivity contribution in [3.63, 3.8) is 0 Å². The highest BCUT2D eigenvalue weighted by Crippen LogP contribution is 2.22. The third-order valence-corrected chi connectivity index (χ3v) is 4.35. The van der Waals surface area contributed by atoms with Gasteiger partial charge in [-0.2, -0.15) is 4.39 Å². The number of anilines is 2. The van der Waals surface area contributed by atoms with E-state index < -0.39 is 17.5 Å². The predicted molar refractivity (Wildman–Crippen MR) is 113 cm³/mol. The van der Waals surface area contributed by atoms with Gasteiger partial charge in [0.1, 0.15) is 11.6 Å². The van der Waals surface area contributed by atoms with Crippen molar-refractivity contribution in [2.45, 2.75) is 19.4 Å². The molecule has 2 N–H and O–H groups in total. The first-order valence-corrected chi connectivity index (χ1v) is 9.41. The molecule has 0 aliphatic rings. The molecule has 0 saturated carbocycles. The van der Waals surface area contributed by atoms with Crippen molar-refractivity contribution in [2.75, 3.05) is 10.6 Å². The van der Waals surface area contributed by atoms with Crippen LogP contribution in [0.5, 0.6) is 5.75 Å². The van der Waals surface area contributed by atoms with Gasteiger partial charge in [-0.15, -0.1) is 0 Å². The van der Waals surface area contributed by atoms with Crippen LogP contribution in [0, 0.1) is 5.95 Å². The number of nitrogens with one attached hydrogen (secondary N) is 2. The van der Waals surface area contributed by atoms with Gasteiger partial charge in [-0.3, -0.25) is 9.59 Å². The molecule has 0 aliphatic carbocycles. The van der Waals surface area contributed by atoms with E-state index >= 15 is 0 Å². The standard InChI is InChI=1S/C22H19ClFN3O3/c1-22(2,21(29)25-16-10-8-15(23)9-11-16)30-17-12-6-14(7-13-17)20(28)27-19-5-3-4-18(24)26-19/h3-13H,1-2H3,(H,25,29)(H,26,27,28). The molecule has 0 spiro atoms. The molecule has 3 aromatic rings. The number of hydrogen-bond donors (Lipinski definition) is 2. The fourth-order valence-electron chi connectivity index (χ4n) is 2.50. The quantitative estimate of drug-likeness (QED) is 0.547. The molecule has 0 aliphatic heterocycles. The molecule has 0 atom stereocenters. The smallest absolute Gasteiger partial charge is 0.267 e. The number of halogens is 2. The fourth-order valence-corrected chi connectivity index (χ4v) is 2.62. The SMILES string of the molecule is CC(C)(Oc1ccc(C(=O)Nc2cccc(F)n2)cc1)C(=O)Nc1ccc(Cl)cc1. The molecule has 1 aromatic heterocycles. The molecule has 0 fully saturated rings. The van der Waals surface area contributed by atoms with Gasteiger partial charge in [0, 0.05) is 16.3 Å². The maximum absolute atomic E-state index is 13.1. The van der Waals surface area contributed by atoms with Crippen LogP contribution in [0.3, 0.4) is 0 Å². The summed E-state index contributed by atoms with van der Waals surface area (Å²) in [6, 6.07) is 17.1. The van der Waals surface area contributed by atoms with E-state index in [-0.39, 0.29) is 11.7 Å². The number of carbonyl (C=O) groups is 2. The summed E-state index contributed by atoms with van der Waals surface area (Å²) in [5.74, 6) is -0.953. The molecule has 0 bridgehead atoms. The molecule has 1 heterocycles. The number of pyridine rings is 1. The first kappa shape index (κ1) is 21.3. The van der Waals surface area contributed by atoms with Crippen molar-refractivity contribution < 1.29 is 18.7 Å². The van der Waals surface area contributed by atoms with Crippen LogP contribution in [0.25, 0.3) is 0 Å². The van der Waals surface area contributed by atoms with Gasteiger partial charge in [-0.1, -0.05) is 17.7 Å². The number of benzene rings is 2. The van der Waals surface area contributed by atoms with E-state index in [0.717, 1.165) is 0 Å². The Labute approximate surface area is 178 Å². The number of aromatic nitrogens is 1. The number of ether oxygens (including phenoxy) is 1. The Balaban J connectivity index is 1.62. The van der Waals surface area contributed by atoms with E-state index in [1.54, 1.807) is 50.2 Å². The highest BCUT2D eigenvalue weighted by Gasteiger charge is 2.30. The molecule has 30 heavy (non-hydrogen) atoms. The zero-order valence-electron chi connectivity index (χ0n) is 16.3. The third kappa shape index (κ3) is 5.55. The zero-order valence-corrected chi connectivity index (χ0v) is 17.0. The Kier molecular flexibility index (Phi) is 6.32. The van der Waals surface area contributed by atoms with Crippen LogP contribution in [0.15, 0.2) is 66.7 Å². The average Bonchev–Trinajstić information content (AvgIpc) is 2.70. The Hall–Kier alpha value is -3.45. The minimum atomic E-state index is -1.17. The van der Waals surface area contributed by atoms with E-state index in [4.69, 9.17) is 16.3 Å². The molecule has 8 heteroatoms. The minimum Gasteiger partial charge on any atom is -0.478 e. The number of nitrogens with zero attached hydrogens (tertiary/aromatic N) is 1. The van der Waals surface area contributed by atoms with Crippen LogP contribution in [0.1, 0.15) is 24.2 Å². The molecule has 0 unspecified atom stereocenters. The molecule has 0 radical (unpaired) electrons. The summed E-state index contributed by atoms with van der Waals surface area (Å²) in [6.07, 6.45) is 0. The second-order valence-electron chi connectivity index (χ2n) is 6.90. The van der Waals surface area contributed by atoms with Crippen molar-refractivity contribution >= 4 is 34.9 Å². The van der Waals surface area contributed by atoms with E-state index in [1.165, 1.54) is 30.3 Å². The largest absolute Gasteiger partial charge is 0.478 e.